The second-order valence-electron chi connectivity index (χ2n) is 3.31. The van der Waals surface area contributed by atoms with E-state index in [1.54, 1.807) is 6.07 Å². The highest BCUT2D eigenvalue weighted by Crippen LogP contribution is 2.36. The monoisotopic (exact) mass is 213 g/mol. The Morgan fingerprint density at radius 2 is 2.07 bits per heavy atom. The van der Waals surface area contributed by atoms with Crippen LogP contribution in [0.4, 0.5) is 0 Å². The van der Waals surface area contributed by atoms with Gasteiger partial charge in [0, 0.05) is 6.04 Å². The molecular weight excluding hydrogens is 198 g/mol. The summed E-state index contributed by atoms with van der Waals surface area (Å²) in [6.07, 6.45) is 0.403. The summed E-state index contributed by atoms with van der Waals surface area (Å²) in [5, 5.41) is 27.5. The zero-order valence-corrected chi connectivity index (χ0v) is 8.47. The van der Waals surface area contributed by atoms with Gasteiger partial charge in [-0.2, -0.15) is 0 Å². The number of ether oxygens (including phenoxy) is 1. The standard InChI is InChI=1S/C10H15NO4/c1-15-9-4-6(2-7(11)5-12)3-8(13)10(9)14/h3-4,7,12-14H,2,5,11H2,1H3. The molecule has 15 heavy (non-hydrogen) atoms. The number of hydrogen-bond acceptors (Lipinski definition) is 5. The average Bonchev–Trinajstić information content (AvgIpc) is 2.22. The number of benzene rings is 1. The minimum Gasteiger partial charge on any atom is -0.504 e. The van der Waals surface area contributed by atoms with Crippen molar-refractivity contribution >= 4 is 0 Å². The summed E-state index contributed by atoms with van der Waals surface area (Å²) in [5.41, 5.74) is 6.25. The lowest BCUT2D eigenvalue weighted by atomic mass is 10.1. The molecule has 0 spiro atoms. The van der Waals surface area contributed by atoms with Crippen molar-refractivity contribution in [3.63, 3.8) is 0 Å². The Hall–Kier alpha value is -1.46. The van der Waals surface area contributed by atoms with Gasteiger partial charge in [-0.05, 0) is 24.1 Å². The Kier molecular flexibility index (Phi) is 3.76. The van der Waals surface area contributed by atoms with Crippen LogP contribution in [0.25, 0.3) is 0 Å². The second-order valence-corrected chi connectivity index (χ2v) is 3.31. The molecule has 5 nitrogen and oxygen atoms in total. The molecule has 1 rings (SSSR count). The number of aliphatic hydroxyl groups excluding tert-OH is 1. The van der Waals surface area contributed by atoms with Gasteiger partial charge in [-0.3, -0.25) is 0 Å². The maximum Gasteiger partial charge on any atom is 0.200 e. The SMILES string of the molecule is COc1cc(CC(N)CO)cc(O)c1O. The van der Waals surface area contributed by atoms with Crippen LogP contribution in [-0.4, -0.2) is 35.1 Å². The first kappa shape index (κ1) is 11.6. The maximum absolute atomic E-state index is 9.36. The quantitative estimate of drug-likeness (QED) is 0.527. The molecule has 1 aromatic rings. The normalized spacial score (nSPS) is 12.5. The Morgan fingerprint density at radius 3 is 2.60 bits per heavy atom. The van der Waals surface area contributed by atoms with Crippen LogP contribution in [-0.2, 0) is 6.42 Å². The molecule has 0 fully saturated rings. The van der Waals surface area contributed by atoms with Crippen LogP contribution in [0.1, 0.15) is 5.56 Å². The Balaban J connectivity index is 2.95. The molecule has 0 aliphatic carbocycles. The predicted octanol–water partition coefficient (Wildman–Crippen LogP) is -0.0315. The fourth-order valence-corrected chi connectivity index (χ4v) is 1.29. The first-order valence-electron chi connectivity index (χ1n) is 4.53. The van der Waals surface area contributed by atoms with Crippen LogP contribution in [0.15, 0.2) is 12.1 Å². The van der Waals surface area contributed by atoms with Gasteiger partial charge in [-0.1, -0.05) is 0 Å². The van der Waals surface area contributed by atoms with E-state index in [1.165, 1.54) is 13.2 Å². The molecule has 0 aromatic heterocycles. The van der Waals surface area contributed by atoms with Crippen LogP contribution >= 0.6 is 0 Å². The number of nitrogens with two attached hydrogens (primary N) is 1. The largest absolute Gasteiger partial charge is 0.504 e. The van der Waals surface area contributed by atoms with Gasteiger partial charge < -0.3 is 25.8 Å². The van der Waals surface area contributed by atoms with E-state index in [2.05, 4.69) is 0 Å². The molecule has 1 unspecified atom stereocenters. The third-order valence-corrected chi connectivity index (χ3v) is 2.07. The van der Waals surface area contributed by atoms with E-state index in [-0.39, 0.29) is 23.9 Å². The molecule has 0 saturated carbocycles. The number of aliphatic hydroxyl groups is 1. The minimum absolute atomic E-state index is 0.135. The van der Waals surface area contributed by atoms with Crippen molar-refractivity contribution < 1.29 is 20.1 Å². The summed E-state index contributed by atoms with van der Waals surface area (Å²) in [6.45, 7) is -0.135. The molecule has 84 valence electrons. The first-order chi connectivity index (χ1) is 7.08. The van der Waals surface area contributed by atoms with Gasteiger partial charge in [-0.25, -0.2) is 0 Å². The second kappa shape index (κ2) is 4.86. The van der Waals surface area contributed by atoms with Crippen LogP contribution in [0, 0.1) is 0 Å². The van der Waals surface area contributed by atoms with Crippen LogP contribution in [0.3, 0.4) is 0 Å². The summed E-state index contributed by atoms with van der Waals surface area (Å²) in [4.78, 5) is 0. The van der Waals surface area contributed by atoms with Crippen molar-refractivity contribution in [3.8, 4) is 17.2 Å². The fraction of sp³-hybridized carbons (Fsp3) is 0.400. The van der Waals surface area contributed by atoms with Gasteiger partial charge in [0.1, 0.15) is 0 Å². The van der Waals surface area contributed by atoms with Gasteiger partial charge in [0.25, 0.3) is 0 Å². The number of phenolic OH excluding ortho intramolecular Hbond substituents is 2. The van der Waals surface area contributed by atoms with Crippen LogP contribution in [0.5, 0.6) is 17.2 Å². The summed E-state index contributed by atoms with van der Waals surface area (Å²) < 4.78 is 4.87. The lowest BCUT2D eigenvalue weighted by molar-refractivity contribution is 0.265. The molecule has 1 atom stereocenters. The lowest BCUT2D eigenvalue weighted by Crippen LogP contribution is -2.26. The van der Waals surface area contributed by atoms with E-state index in [9.17, 15) is 10.2 Å². The third-order valence-electron chi connectivity index (χ3n) is 2.07. The molecule has 0 radical (unpaired) electrons. The van der Waals surface area contributed by atoms with Crippen LogP contribution < -0.4 is 10.5 Å². The summed E-state index contributed by atoms with van der Waals surface area (Å²) >= 11 is 0. The smallest absolute Gasteiger partial charge is 0.200 e. The summed E-state index contributed by atoms with van der Waals surface area (Å²) in [7, 11) is 1.39. The Morgan fingerprint density at radius 1 is 1.40 bits per heavy atom. The molecule has 0 amide bonds. The molecule has 0 bridgehead atoms. The van der Waals surface area contributed by atoms with Gasteiger partial charge in [0.2, 0.25) is 5.75 Å². The Bertz CT molecular complexity index is 340. The molecular formula is C10H15NO4. The first-order valence-corrected chi connectivity index (χ1v) is 4.53. The number of methoxy groups -OCH3 is 1. The van der Waals surface area contributed by atoms with E-state index in [0.717, 1.165) is 0 Å². The minimum atomic E-state index is -0.390. The number of phenols is 2. The van der Waals surface area contributed by atoms with Gasteiger partial charge >= 0.3 is 0 Å². The highest BCUT2D eigenvalue weighted by atomic mass is 16.5. The topological polar surface area (TPSA) is 95.9 Å². The summed E-state index contributed by atoms with van der Waals surface area (Å²) in [5.74, 6) is -0.358. The fourth-order valence-electron chi connectivity index (χ4n) is 1.29. The van der Waals surface area contributed by atoms with Crippen molar-refractivity contribution in [1.82, 2.24) is 0 Å². The molecule has 5 N–H and O–H groups in total. The van der Waals surface area contributed by atoms with Gasteiger partial charge in [0.15, 0.2) is 11.5 Å². The highest BCUT2D eigenvalue weighted by molar-refractivity contribution is 5.52. The Labute approximate surface area is 87.7 Å². The molecule has 0 aliphatic rings. The molecule has 0 saturated heterocycles. The van der Waals surface area contributed by atoms with Crippen molar-refractivity contribution in [2.75, 3.05) is 13.7 Å². The van der Waals surface area contributed by atoms with Crippen molar-refractivity contribution in [2.45, 2.75) is 12.5 Å². The van der Waals surface area contributed by atoms with Crippen LogP contribution in [0.2, 0.25) is 0 Å². The van der Waals surface area contributed by atoms with Crippen molar-refractivity contribution in [3.05, 3.63) is 17.7 Å². The van der Waals surface area contributed by atoms with Crippen molar-refractivity contribution in [2.24, 2.45) is 5.73 Å². The highest BCUT2D eigenvalue weighted by Gasteiger charge is 2.11. The maximum atomic E-state index is 9.36. The average molecular weight is 213 g/mol. The predicted molar refractivity (Wildman–Crippen MR) is 55.1 cm³/mol. The van der Waals surface area contributed by atoms with Gasteiger partial charge in [-0.15, -0.1) is 0 Å². The number of hydrogen-bond donors (Lipinski definition) is 4. The molecule has 0 aliphatic heterocycles. The number of aromatic hydroxyl groups is 2. The molecule has 0 heterocycles. The molecule has 1 aromatic carbocycles. The van der Waals surface area contributed by atoms with E-state index in [0.29, 0.717) is 12.0 Å². The zero-order chi connectivity index (χ0) is 11.4. The van der Waals surface area contributed by atoms with E-state index in [4.69, 9.17) is 15.6 Å². The third kappa shape index (κ3) is 2.74. The lowest BCUT2D eigenvalue weighted by Gasteiger charge is -2.11. The van der Waals surface area contributed by atoms with E-state index in [1.807, 2.05) is 0 Å². The van der Waals surface area contributed by atoms with E-state index >= 15 is 0 Å². The zero-order valence-electron chi connectivity index (χ0n) is 8.47. The van der Waals surface area contributed by atoms with E-state index < -0.39 is 6.04 Å². The molecule has 5 heteroatoms. The van der Waals surface area contributed by atoms with Gasteiger partial charge in [0.05, 0.1) is 13.7 Å². The summed E-state index contributed by atoms with van der Waals surface area (Å²) in [6, 6.07) is 2.58. The number of rotatable bonds is 4. The van der Waals surface area contributed by atoms with Crippen molar-refractivity contribution in [1.29, 1.82) is 0 Å².